The number of methoxy groups -OCH3 is 2. The first-order chi connectivity index (χ1) is 9.47. The van der Waals surface area contributed by atoms with Gasteiger partial charge in [0.25, 0.3) is 0 Å². The molecule has 0 aliphatic carbocycles. The lowest BCUT2D eigenvalue weighted by Gasteiger charge is -2.13. The van der Waals surface area contributed by atoms with E-state index in [1.54, 1.807) is 7.11 Å². The summed E-state index contributed by atoms with van der Waals surface area (Å²) in [5.74, 6) is 0.213. The zero-order valence-corrected chi connectivity index (χ0v) is 12.4. The average molecular weight is 279 g/mol. The van der Waals surface area contributed by atoms with Gasteiger partial charge >= 0.3 is 5.97 Å². The van der Waals surface area contributed by atoms with Crippen molar-refractivity contribution in [2.24, 2.45) is 0 Å². The van der Waals surface area contributed by atoms with Gasteiger partial charge in [0, 0.05) is 18.5 Å². The van der Waals surface area contributed by atoms with Gasteiger partial charge in [0.2, 0.25) is 5.91 Å². The van der Waals surface area contributed by atoms with Crippen molar-refractivity contribution in [2.75, 3.05) is 14.2 Å². The largest absolute Gasteiger partial charge is 0.496 e. The fraction of sp³-hybridized carbons (Fsp3) is 0.467. The molecule has 0 saturated heterocycles. The second-order valence-corrected chi connectivity index (χ2v) is 4.63. The van der Waals surface area contributed by atoms with Crippen molar-refractivity contribution in [3.8, 4) is 5.75 Å². The monoisotopic (exact) mass is 279 g/mol. The van der Waals surface area contributed by atoms with E-state index in [0.717, 1.165) is 22.4 Å². The van der Waals surface area contributed by atoms with Crippen LogP contribution in [-0.2, 0) is 20.9 Å². The highest BCUT2D eigenvalue weighted by Crippen LogP contribution is 2.24. The molecule has 20 heavy (non-hydrogen) atoms. The maximum Gasteiger partial charge on any atom is 0.306 e. The summed E-state index contributed by atoms with van der Waals surface area (Å²) in [6, 6.07) is 4.01. The Morgan fingerprint density at radius 3 is 2.45 bits per heavy atom. The maximum atomic E-state index is 11.6. The van der Waals surface area contributed by atoms with E-state index in [2.05, 4.69) is 10.1 Å². The number of nitrogens with one attached hydrogen (secondary N) is 1. The Morgan fingerprint density at radius 2 is 1.85 bits per heavy atom. The van der Waals surface area contributed by atoms with Crippen LogP contribution < -0.4 is 10.1 Å². The number of hydrogen-bond donors (Lipinski definition) is 1. The molecular weight excluding hydrogens is 258 g/mol. The number of aryl methyl sites for hydroxylation is 2. The van der Waals surface area contributed by atoms with Crippen LogP contribution in [0.1, 0.15) is 29.5 Å². The van der Waals surface area contributed by atoms with E-state index in [1.165, 1.54) is 7.11 Å². The third-order valence-electron chi connectivity index (χ3n) is 2.96. The Labute approximate surface area is 119 Å². The van der Waals surface area contributed by atoms with Crippen molar-refractivity contribution in [3.05, 3.63) is 28.8 Å². The number of benzene rings is 1. The van der Waals surface area contributed by atoms with Gasteiger partial charge in [-0.1, -0.05) is 17.7 Å². The first-order valence-corrected chi connectivity index (χ1v) is 6.45. The van der Waals surface area contributed by atoms with Crippen LogP contribution in [0.3, 0.4) is 0 Å². The van der Waals surface area contributed by atoms with Crippen molar-refractivity contribution in [2.45, 2.75) is 33.2 Å². The molecule has 0 radical (unpaired) electrons. The molecular formula is C15H21NO4. The van der Waals surface area contributed by atoms with E-state index in [1.807, 2.05) is 26.0 Å². The standard InChI is InChI=1S/C15H21NO4/c1-10-7-11(2)15(20-4)12(8-10)9-16-13(17)5-6-14(18)19-3/h7-8H,5-6,9H2,1-4H3,(H,16,17). The quantitative estimate of drug-likeness (QED) is 0.808. The molecule has 0 saturated carbocycles. The van der Waals surface area contributed by atoms with Crippen LogP contribution in [0.15, 0.2) is 12.1 Å². The van der Waals surface area contributed by atoms with Gasteiger partial charge in [-0.2, -0.15) is 0 Å². The predicted molar refractivity (Wildman–Crippen MR) is 75.6 cm³/mol. The summed E-state index contributed by atoms with van der Waals surface area (Å²) in [5, 5.41) is 2.78. The van der Waals surface area contributed by atoms with Crippen molar-refractivity contribution >= 4 is 11.9 Å². The zero-order valence-electron chi connectivity index (χ0n) is 12.4. The second kappa shape index (κ2) is 7.53. The Balaban J connectivity index is 2.61. The van der Waals surface area contributed by atoms with Crippen molar-refractivity contribution in [3.63, 3.8) is 0 Å². The van der Waals surface area contributed by atoms with Gasteiger partial charge in [0.05, 0.1) is 20.6 Å². The third-order valence-corrected chi connectivity index (χ3v) is 2.96. The number of amides is 1. The molecule has 0 fully saturated rings. The van der Waals surface area contributed by atoms with Crippen LogP contribution in [0, 0.1) is 13.8 Å². The van der Waals surface area contributed by atoms with Crippen molar-refractivity contribution in [1.29, 1.82) is 0 Å². The Kier molecular flexibility index (Phi) is 6.03. The first kappa shape index (κ1) is 16.0. The molecule has 1 aromatic rings. The van der Waals surface area contributed by atoms with Gasteiger partial charge in [-0.15, -0.1) is 0 Å². The predicted octanol–water partition coefficient (Wildman–Crippen LogP) is 1.88. The van der Waals surface area contributed by atoms with Crippen LogP contribution in [0.25, 0.3) is 0 Å². The normalized spacial score (nSPS) is 10.0. The minimum atomic E-state index is -0.385. The number of hydrogen-bond acceptors (Lipinski definition) is 4. The van der Waals surface area contributed by atoms with Gasteiger partial charge in [0.1, 0.15) is 5.75 Å². The van der Waals surface area contributed by atoms with E-state index >= 15 is 0 Å². The molecule has 0 heterocycles. The summed E-state index contributed by atoms with van der Waals surface area (Å²) < 4.78 is 9.85. The topological polar surface area (TPSA) is 64.6 Å². The molecule has 0 aliphatic rings. The highest BCUT2D eigenvalue weighted by Gasteiger charge is 2.10. The molecule has 0 aliphatic heterocycles. The van der Waals surface area contributed by atoms with Crippen LogP contribution in [0.2, 0.25) is 0 Å². The highest BCUT2D eigenvalue weighted by atomic mass is 16.5. The molecule has 110 valence electrons. The molecule has 5 nitrogen and oxygen atoms in total. The fourth-order valence-corrected chi connectivity index (χ4v) is 2.07. The summed E-state index contributed by atoms with van der Waals surface area (Å²) in [7, 11) is 2.92. The molecule has 1 amide bonds. The summed E-state index contributed by atoms with van der Waals surface area (Å²) in [5.41, 5.74) is 3.07. The summed E-state index contributed by atoms with van der Waals surface area (Å²) in [6.07, 6.45) is 0.214. The molecule has 0 unspecified atom stereocenters. The first-order valence-electron chi connectivity index (χ1n) is 6.45. The fourth-order valence-electron chi connectivity index (χ4n) is 2.07. The summed E-state index contributed by atoms with van der Waals surface area (Å²) in [4.78, 5) is 22.6. The molecule has 0 aromatic heterocycles. The van der Waals surface area contributed by atoms with Gasteiger partial charge < -0.3 is 14.8 Å². The van der Waals surface area contributed by atoms with Gasteiger partial charge in [-0.25, -0.2) is 0 Å². The van der Waals surface area contributed by atoms with Crippen LogP contribution in [-0.4, -0.2) is 26.1 Å². The number of rotatable bonds is 6. The Hall–Kier alpha value is -2.04. The maximum absolute atomic E-state index is 11.6. The van der Waals surface area contributed by atoms with Gasteiger partial charge in [0.15, 0.2) is 0 Å². The van der Waals surface area contributed by atoms with E-state index in [0.29, 0.717) is 6.54 Å². The molecule has 1 N–H and O–H groups in total. The van der Waals surface area contributed by atoms with Crippen LogP contribution in [0.4, 0.5) is 0 Å². The lowest BCUT2D eigenvalue weighted by Crippen LogP contribution is -2.23. The molecule has 1 aromatic carbocycles. The van der Waals surface area contributed by atoms with Crippen molar-refractivity contribution < 1.29 is 19.1 Å². The molecule has 0 spiro atoms. The van der Waals surface area contributed by atoms with Crippen LogP contribution in [0.5, 0.6) is 5.75 Å². The van der Waals surface area contributed by atoms with E-state index in [4.69, 9.17) is 4.74 Å². The van der Waals surface area contributed by atoms with Gasteiger partial charge in [-0.3, -0.25) is 9.59 Å². The molecule has 5 heteroatoms. The summed E-state index contributed by atoms with van der Waals surface area (Å²) >= 11 is 0. The minimum absolute atomic E-state index is 0.0896. The minimum Gasteiger partial charge on any atom is -0.496 e. The zero-order chi connectivity index (χ0) is 15.1. The Bertz CT molecular complexity index is 497. The number of carbonyl (C=O) groups is 2. The van der Waals surface area contributed by atoms with E-state index in [9.17, 15) is 9.59 Å². The second-order valence-electron chi connectivity index (χ2n) is 4.63. The van der Waals surface area contributed by atoms with E-state index < -0.39 is 0 Å². The Morgan fingerprint density at radius 1 is 1.15 bits per heavy atom. The number of esters is 1. The lowest BCUT2D eigenvalue weighted by molar-refractivity contribution is -0.142. The smallest absolute Gasteiger partial charge is 0.306 e. The lowest BCUT2D eigenvalue weighted by atomic mass is 10.1. The summed E-state index contributed by atoms with van der Waals surface area (Å²) in [6.45, 7) is 4.34. The highest BCUT2D eigenvalue weighted by molar-refractivity contribution is 5.81. The molecule has 0 atom stereocenters. The van der Waals surface area contributed by atoms with E-state index in [-0.39, 0.29) is 24.7 Å². The molecule has 0 bridgehead atoms. The third kappa shape index (κ3) is 4.57. The SMILES string of the molecule is COC(=O)CCC(=O)NCc1cc(C)cc(C)c1OC. The van der Waals surface area contributed by atoms with Crippen LogP contribution >= 0.6 is 0 Å². The molecule has 1 rings (SSSR count). The number of ether oxygens (including phenoxy) is 2. The number of carbonyl (C=O) groups excluding carboxylic acids is 2. The van der Waals surface area contributed by atoms with Gasteiger partial charge in [-0.05, 0) is 19.4 Å². The average Bonchev–Trinajstić information content (AvgIpc) is 2.41. The van der Waals surface area contributed by atoms with Crippen molar-refractivity contribution in [1.82, 2.24) is 5.32 Å².